The second kappa shape index (κ2) is 4.94. The van der Waals surface area contributed by atoms with Crippen LogP contribution in [0.1, 0.15) is 25.7 Å². The molecule has 1 heterocycles. The maximum atomic E-state index is 9.28. The van der Waals surface area contributed by atoms with Gasteiger partial charge in [0.1, 0.15) is 0 Å². The first-order chi connectivity index (χ1) is 6.90. The molecule has 2 atom stereocenters. The highest BCUT2D eigenvalue weighted by atomic mass is 16.3. The van der Waals surface area contributed by atoms with E-state index in [9.17, 15) is 5.11 Å². The van der Waals surface area contributed by atoms with E-state index < -0.39 is 0 Å². The lowest BCUT2D eigenvalue weighted by Gasteiger charge is -2.30. The van der Waals surface area contributed by atoms with Gasteiger partial charge in [-0.1, -0.05) is 12.2 Å². The van der Waals surface area contributed by atoms with E-state index in [1.807, 2.05) is 0 Å². The van der Waals surface area contributed by atoms with E-state index >= 15 is 0 Å². The van der Waals surface area contributed by atoms with Gasteiger partial charge in [-0.15, -0.1) is 0 Å². The average Bonchev–Trinajstić information content (AvgIpc) is 2.71. The van der Waals surface area contributed by atoms with Crippen molar-refractivity contribution in [3.05, 3.63) is 12.2 Å². The maximum absolute atomic E-state index is 9.28. The zero-order valence-corrected chi connectivity index (χ0v) is 8.86. The van der Waals surface area contributed by atoms with Crippen LogP contribution in [0.4, 0.5) is 0 Å². The van der Waals surface area contributed by atoms with Crippen LogP contribution in [0.5, 0.6) is 0 Å². The molecule has 2 nitrogen and oxygen atoms in total. The summed E-state index contributed by atoms with van der Waals surface area (Å²) in [6.07, 6.45) is 9.49. The van der Waals surface area contributed by atoms with Crippen molar-refractivity contribution in [1.82, 2.24) is 4.90 Å². The Kier molecular flexibility index (Phi) is 3.60. The van der Waals surface area contributed by atoms with E-state index in [0.717, 1.165) is 6.42 Å². The molecule has 2 heteroatoms. The van der Waals surface area contributed by atoms with E-state index in [1.165, 1.54) is 38.9 Å². The summed E-state index contributed by atoms with van der Waals surface area (Å²) in [5.74, 6) is 1.21. The minimum Gasteiger partial charge on any atom is -0.396 e. The van der Waals surface area contributed by atoms with Crippen LogP contribution >= 0.6 is 0 Å². The van der Waals surface area contributed by atoms with Crippen molar-refractivity contribution in [2.24, 2.45) is 11.8 Å². The van der Waals surface area contributed by atoms with Gasteiger partial charge >= 0.3 is 0 Å². The smallest absolute Gasteiger partial charge is 0.0465 e. The molecule has 1 aliphatic heterocycles. The SMILES string of the molecule is OCC1CC=CCC1CN1CCCC1. The molecule has 1 saturated heterocycles. The number of rotatable bonds is 3. The highest BCUT2D eigenvalue weighted by molar-refractivity contribution is 4.95. The average molecular weight is 195 g/mol. The molecule has 0 bridgehead atoms. The monoisotopic (exact) mass is 195 g/mol. The van der Waals surface area contributed by atoms with E-state index in [2.05, 4.69) is 17.1 Å². The Bertz CT molecular complexity index is 196. The van der Waals surface area contributed by atoms with Crippen molar-refractivity contribution in [1.29, 1.82) is 0 Å². The van der Waals surface area contributed by atoms with Crippen molar-refractivity contribution in [3.8, 4) is 0 Å². The molecule has 1 N–H and O–H groups in total. The fourth-order valence-electron chi connectivity index (χ4n) is 2.67. The topological polar surface area (TPSA) is 23.5 Å². The molecule has 0 aromatic heterocycles. The number of aliphatic hydroxyl groups excluding tert-OH is 1. The Balaban J connectivity index is 1.85. The number of hydrogen-bond donors (Lipinski definition) is 1. The molecule has 0 aromatic rings. The third kappa shape index (κ3) is 2.37. The second-order valence-corrected chi connectivity index (χ2v) is 4.65. The number of aliphatic hydroxyl groups is 1. The summed E-state index contributed by atoms with van der Waals surface area (Å²) in [5.41, 5.74) is 0. The van der Waals surface area contributed by atoms with Gasteiger partial charge in [-0.25, -0.2) is 0 Å². The molecule has 1 fully saturated rings. The van der Waals surface area contributed by atoms with Crippen LogP contribution in [0.3, 0.4) is 0 Å². The van der Waals surface area contributed by atoms with Crippen molar-refractivity contribution < 1.29 is 5.11 Å². The quantitative estimate of drug-likeness (QED) is 0.692. The molecule has 0 saturated carbocycles. The molecular weight excluding hydrogens is 174 g/mol. The van der Waals surface area contributed by atoms with Gasteiger partial charge in [-0.3, -0.25) is 0 Å². The minimum absolute atomic E-state index is 0.364. The summed E-state index contributed by atoms with van der Waals surface area (Å²) in [5, 5.41) is 9.28. The normalized spacial score (nSPS) is 33.8. The second-order valence-electron chi connectivity index (χ2n) is 4.65. The van der Waals surface area contributed by atoms with Gasteiger partial charge in [-0.05, 0) is 50.6 Å². The number of hydrogen-bond acceptors (Lipinski definition) is 2. The first kappa shape index (κ1) is 10.2. The Hall–Kier alpha value is -0.340. The molecule has 2 aliphatic rings. The molecule has 2 rings (SSSR count). The minimum atomic E-state index is 0.364. The van der Waals surface area contributed by atoms with Crippen molar-refractivity contribution in [2.45, 2.75) is 25.7 Å². The lowest BCUT2D eigenvalue weighted by Crippen LogP contribution is -2.33. The van der Waals surface area contributed by atoms with Crippen LogP contribution in [-0.4, -0.2) is 36.2 Å². The van der Waals surface area contributed by atoms with Crippen LogP contribution in [0.2, 0.25) is 0 Å². The van der Waals surface area contributed by atoms with Crippen LogP contribution in [0.25, 0.3) is 0 Å². The Morgan fingerprint density at radius 3 is 2.36 bits per heavy atom. The first-order valence-electron chi connectivity index (χ1n) is 5.88. The predicted molar refractivity (Wildman–Crippen MR) is 58.1 cm³/mol. The number of allylic oxidation sites excluding steroid dienone is 2. The van der Waals surface area contributed by atoms with Crippen LogP contribution in [0.15, 0.2) is 12.2 Å². The van der Waals surface area contributed by atoms with Crippen LogP contribution in [-0.2, 0) is 0 Å². The van der Waals surface area contributed by atoms with Gasteiger partial charge in [0.15, 0.2) is 0 Å². The Morgan fingerprint density at radius 2 is 1.71 bits per heavy atom. The largest absolute Gasteiger partial charge is 0.396 e. The summed E-state index contributed by atoms with van der Waals surface area (Å²) in [6.45, 7) is 4.12. The van der Waals surface area contributed by atoms with Crippen molar-refractivity contribution in [3.63, 3.8) is 0 Å². The molecule has 1 aliphatic carbocycles. The molecule has 0 amide bonds. The Morgan fingerprint density at radius 1 is 1.07 bits per heavy atom. The Labute approximate surface area is 86.6 Å². The molecule has 2 unspecified atom stereocenters. The molecule has 0 radical (unpaired) electrons. The number of nitrogens with zero attached hydrogens (tertiary/aromatic N) is 1. The summed E-state index contributed by atoms with van der Waals surface area (Å²) in [6, 6.07) is 0. The molecular formula is C12H21NO. The zero-order valence-electron chi connectivity index (χ0n) is 8.86. The third-order valence-corrected chi connectivity index (χ3v) is 3.64. The zero-order chi connectivity index (χ0) is 9.80. The van der Waals surface area contributed by atoms with Crippen molar-refractivity contribution >= 4 is 0 Å². The standard InChI is InChI=1S/C12H21NO/c14-10-12-6-2-1-5-11(12)9-13-7-3-4-8-13/h1-2,11-12,14H,3-10H2. The van der Waals surface area contributed by atoms with Crippen LogP contribution < -0.4 is 0 Å². The van der Waals surface area contributed by atoms with E-state index in [1.54, 1.807) is 0 Å². The lowest BCUT2D eigenvalue weighted by molar-refractivity contribution is 0.141. The first-order valence-corrected chi connectivity index (χ1v) is 5.88. The maximum Gasteiger partial charge on any atom is 0.0465 e. The predicted octanol–water partition coefficient (Wildman–Crippen LogP) is 1.66. The summed E-state index contributed by atoms with van der Waals surface area (Å²) < 4.78 is 0. The van der Waals surface area contributed by atoms with E-state index in [-0.39, 0.29) is 0 Å². The molecule has 14 heavy (non-hydrogen) atoms. The van der Waals surface area contributed by atoms with Gasteiger partial charge in [0, 0.05) is 13.2 Å². The highest BCUT2D eigenvalue weighted by Crippen LogP contribution is 2.26. The molecule has 0 aromatic carbocycles. The summed E-state index contributed by atoms with van der Waals surface area (Å²) in [4.78, 5) is 2.56. The third-order valence-electron chi connectivity index (χ3n) is 3.64. The summed E-state index contributed by atoms with van der Waals surface area (Å²) >= 11 is 0. The van der Waals surface area contributed by atoms with Gasteiger partial charge in [0.25, 0.3) is 0 Å². The van der Waals surface area contributed by atoms with Gasteiger partial charge < -0.3 is 10.0 Å². The van der Waals surface area contributed by atoms with Crippen molar-refractivity contribution in [2.75, 3.05) is 26.2 Å². The summed E-state index contributed by atoms with van der Waals surface area (Å²) in [7, 11) is 0. The molecule has 80 valence electrons. The highest BCUT2D eigenvalue weighted by Gasteiger charge is 2.24. The van der Waals surface area contributed by atoms with Crippen LogP contribution in [0, 0.1) is 11.8 Å². The fraction of sp³-hybridized carbons (Fsp3) is 0.833. The van der Waals surface area contributed by atoms with Gasteiger partial charge in [0.05, 0.1) is 0 Å². The van der Waals surface area contributed by atoms with Gasteiger partial charge in [0.2, 0.25) is 0 Å². The fourth-order valence-corrected chi connectivity index (χ4v) is 2.67. The van der Waals surface area contributed by atoms with E-state index in [0.29, 0.717) is 18.4 Å². The molecule has 0 spiro atoms. The lowest BCUT2D eigenvalue weighted by atomic mass is 9.83. The number of likely N-dealkylation sites (tertiary alicyclic amines) is 1. The van der Waals surface area contributed by atoms with E-state index in [4.69, 9.17) is 0 Å². The van der Waals surface area contributed by atoms with Gasteiger partial charge in [-0.2, -0.15) is 0 Å².